The van der Waals surface area contributed by atoms with Crippen molar-refractivity contribution in [2.75, 3.05) is 6.54 Å². The Morgan fingerprint density at radius 1 is 1.75 bits per heavy atom. The van der Waals surface area contributed by atoms with E-state index in [1.165, 1.54) is 6.20 Å². The van der Waals surface area contributed by atoms with Crippen LogP contribution in [0.4, 0.5) is 4.39 Å². The number of aliphatic imine (C=N–C) groups is 1. The summed E-state index contributed by atoms with van der Waals surface area (Å²) in [5.41, 5.74) is 7.63. The second-order valence-corrected chi connectivity index (χ2v) is 3.54. The smallest absolute Gasteiger partial charge is 0.164 e. The number of hydrogen-bond acceptors (Lipinski definition) is 3. The molecule has 0 amide bonds. The summed E-state index contributed by atoms with van der Waals surface area (Å²) >= 11 is 0. The number of hydrogen-bond donors (Lipinski definition) is 2. The molecule has 1 rings (SSSR count). The Labute approximate surface area is 94.5 Å². The van der Waals surface area contributed by atoms with Crippen LogP contribution >= 0.6 is 0 Å². The standard InChI is InChI=1S/C11H17FN4/c1-4-14-8(3)9(5-13)7(2)11-10(12)6-15-16-11/h5-7H,4,13H2,1-3H3,(H,15,16). The molecule has 0 aliphatic rings. The zero-order chi connectivity index (χ0) is 12.1. The summed E-state index contributed by atoms with van der Waals surface area (Å²) in [6.07, 6.45) is 2.63. The van der Waals surface area contributed by atoms with E-state index in [-0.39, 0.29) is 11.7 Å². The van der Waals surface area contributed by atoms with E-state index < -0.39 is 0 Å². The molecule has 16 heavy (non-hydrogen) atoms. The van der Waals surface area contributed by atoms with Gasteiger partial charge in [0.05, 0.1) is 11.9 Å². The zero-order valence-corrected chi connectivity index (χ0v) is 9.79. The lowest BCUT2D eigenvalue weighted by Gasteiger charge is -2.13. The number of aromatic amines is 1. The van der Waals surface area contributed by atoms with Crippen molar-refractivity contribution in [3.63, 3.8) is 0 Å². The second kappa shape index (κ2) is 5.44. The molecule has 0 fully saturated rings. The third-order valence-electron chi connectivity index (χ3n) is 2.51. The van der Waals surface area contributed by atoms with Crippen molar-refractivity contribution >= 4 is 5.71 Å². The molecule has 88 valence electrons. The van der Waals surface area contributed by atoms with E-state index in [1.54, 1.807) is 0 Å². The average Bonchev–Trinajstić information content (AvgIpc) is 2.65. The van der Waals surface area contributed by atoms with Crippen LogP contribution in [-0.4, -0.2) is 22.5 Å². The quantitative estimate of drug-likeness (QED) is 0.768. The normalized spacial score (nSPS) is 15.2. The minimum Gasteiger partial charge on any atom is -0.404 e. The van der Waals surface area contributed by atoms with Crippen molar-refractivity contribution < 1.29 is 4.39 Å². The fourth-order valence-corrected chi connectivity index (χ4v) is 1.65. The highest BCUT2D eigenvalue weighted by Gasteiger charge is 2.18. The Balaban J connectivity index is 3.00. The summed E-state index contributed by atoms with van der Waals surface area (Å²) in [5, 5.41) is 6.30. The van der Waals surface area contributed by atoms with E-state index in [9.17, 15) is 4.39 Å². The lowest BCUT2D eigenvalue weighted by Crippen LogP contribution is -2.11. The van der Waals surface area contributed by atoms with E-state index in [1.807, 2.05) is 20.8 Å². The largest absolute Gasteiger partial charge is 0.404 e. The van der Waals surface area contributed by atoms with Crippen LogP contribution in [0.2, 0.25) is 0 Å². The van der Waals surface area contributed by atoms with Gasteiger partial charge in [-0.05, 0) is 25.6 Å². The molecule has 5 heteroatoms. The molecule has 1 aromatic rings. The van der Waals surface area contributed by atoms with Gasteiger partial charge in [0.2, 0.25) is 0 Å². The van der Waals surface area contributed by atoms with Crippen molar-refractivity contribution in [1.82, 2.24) is 10.2 Å². The molecule has 0 spiro atoms. The molecular formula is C11H17FN4. The maximum atomic E-state index is 13.3. The molecule has 1 atom stereocenters. The van der Waals surface area contributed by atoms with Gasteiger partial charge in [0.15, 0.2) is 5.82 Å². The van der Waals surface area contributed by atoms with Crippen LogP contribution in [0.1, 0.15) is 32.4 Å². The number of nitrogens with two attached hydrogens (primary N) is 1. The van der Waals surface area contributed by atoms with E-state index in [0.29, 0.717) is 12.2 Å². The molecule has 0 aliphatic heterocycles. The van der Waals surface area contributed by atoms with Gasteiger partial charge in [0.1, 0.15) is 0 Å². The van der Waals surface area contributed by atoms with Gasteiger partial charge in [-0.2, -0.15) is 5.10 Å². The summed E-state index contributed by atoms with van der Waals surface area (Å²) in [5.74, 6) is -0.529. The number of rotatable bonds is 4. The van der Waals surface area contributed by atoms with Crippen molar-refractivity contribution in [2.24, 2.45) is 10.7 Å². The molecule has 4 nitrogen and oxygen atoms in total. The highest BCUT2D eigenvalue weighted by atomic mass is 19.1. The Morgan fingerprint density at radius 2 is 2.44 bits per heavy atom. The third-order valence-corrected chi connectivity index (χ3v) is 2.51. The van der Waals surface area contributed by atoms with Gasteiger partial charge in [-0.1, -0.05) is 6.92 Å². The molecule has 0 saturated carbocycles. The Bertz CT molecular complexity index is 406. The molecule has 1 aromatic heterocycles. The number of nitrogens with zero attached hydrogens (tertiary/aromatic N) is 2. The Kier molecular flexibility index (Phi) is 4.22. The number of halogens is 1. The summed E-state index contributed by atoms with van der Waals surface area (Å²) in [7, 11) is 0. The van der Waals surface area contributed by atoms with E-state index in [2.05, 4.69) is 15.2 Å². The second-order valence-electron chi connectivity index (χ2n) is 3.54. The number of nitrogens with one attached hydrogen (secondary N) is 1. The monoisotopic (exact) mass is 224 g/mol. The van der Waals surface area contributed by atoms with Crippen LogP contribution in [0.15, 0.2) is 23.0 Å². The predicted octanol–water partition coefficient (Wildman–Crippen LogP) is 1.98. The molecule has 0 saturated heterocycles. The van der Waals surface area contributed by atoms with Gasteiger partial charge < -0.3 is 5.73 Å². The molecule has 1 unspecified atom stereocenters. The predicted molar refractivity (Wildman–Crippen MR) is 62.9 cm³/mol. The molecule has 0 bridgehead atoms. The van der Waals surface area contributed by atoms with E-state index in [4.69, 9.17) is 5.73 Å². The molecule has 0 aromatic carbocycles. The first-order valence-corrected chi connectivity index (χ1v) is 5.23. The summed E-state index contributed by atoms with van der Waals surface area (Å²) in [4.78, 5) is 4.27. The van der Waals surface area contributed by atoms with Gasteiger partial charge in [-0.25, -0.2) is 4.39 Å². The number of aromatic nitrogens is 2. The minimum atomic E-state index is -0.351. The first-order chi connectivity index (χ1) is 7.61. The van der Waals surface area contributed by atoms with Crippen molar-refractivity contribution in [1.29, 1.82) is 0 Å². The van der Waals surface area contributed by atoms with Crippen molar-refractivity contribution in [2.45, 2.75) is 26.7 Å². The van der Waals surface area contributed by atoms with Crippen LogP contribution < -0.4 is 5.73 Å². The van der Waals surface area contributed by atoms with Crippen LogP contribution in [0.3, 0.4) is 0 Å². The first kappa shape index (κ1) is 12.4. The summed E-state index contributed by atoms with van der Waals surface area (Å²) in [6.45, 7) is 6.36. The zero-order valence-electron chi connectivity index (χ0n) is 9.79. The maximum absolute atomic E-state index is 13.3. The number of H-pyrrole nitrogens is 1. The van der Waals surface area contributed by atoms with Crippen LogP contribution in [0, 0.1) is 5.82 Å². The average molecular weight is 224 g/mol. The van der Waals surface area contributed by atoms with Crippen LogP contribution in [-0.2, 0) is 0 Å². The lowest BCUT2D eigenvalue weighted by molar-refractivity contribution is 0.602. The van der Waals surface area contributed by atoms with Gasteiger partial charge in [-0.15, -0.1) is 0 Å². The highest BCUT2D eigenvalue weighted by molar-refractivity contribution is 5.99. The molecule has 0 radical (unpaired) electrons. The molecular weight excluding hydrogens is 207 g/mol. The summed E-state index contributed by atoms with van der Waals surface area (Å²) < 4.78 is 13.3. The fraction of sp³-hybridized carbons (Fsp3) is 0.455. The Hall–Kier alpha value is -1.65. The lowest BCUT2D eigenvalue weighted by atomic mass is 9.95. The third kappa shape index (κ3) is 2.48. The molecule has 0 aliphatic carbocycles. The fourth-order valence-electron chi connectivity index (χ4n) is 1.65. The van der Waals surface area contributed by atoms with Gasteiger partial charge >= 0.3 is 0 Å². The van der Waals surface area contributed by atoms with Crippen molar-refractivity contribution in [3.05, 3.63) is 29.5 Å². The topological polar surface area (TPSA) is 67.1 Å². The minimum absolute atomic E-state index is 0.178. The van der Waals surface area contributed by atoms with Gasteiger partial charge in [0.25, 0.3) is 0 Å². The first-order valence-electron chi connectivity index (χ1n) is 5.23. The van der Waals surface area contributed by atoms with Crippen LogP contribution in [0.25, 0.3) is 0 Å². The Morgan fingerprint density at radius 3 is 2.88 bits per heavy atom. The molecule has 3 N–H and O–H groups in total. The van der Waals surface area contributed by atoms with E-state index in [0.717, 1.165) is 17.5 Å². The molecule has 1 heterocycles. The van der Waals surface area contributed by atoms with Crippen LogP contribution in [0.5, 0.6) is 0 Å². The number of allylic oxidation sites excluding steroid dienone is 1. The SMILES string of the molecule is CCN=C(C)C(=CN)C(C)c1[nH]ncc1F. The van der Waals surface area contributed by atoms with E-state index >= 15 is 0 Å². The highest BCUT2D eigenvalue weighted by Crippen LogP contribution is 2.24. The van der Waals surface area contributed by atoms with Gasteiger partial charge in [0, 0.05) is 18.2 Å². The summed E-state index contributed by atoms with van der Waals surface area (Å²) in [6, 6.07) is 0. The van der Waals surface area contributed by atoms with Gasteiger partial charge in [-0.3, -0.25) is 10.1 Å². The maximum Gasteiger partial charge on any atom is 0.164 e. The van der Waals surface area contributed by atoms with Crippen molar-refractivity contribution in [3.8, 4) is 0 Å².